The molecule has 1 atom stereocenters. The van der Waals surface area contributed by atoms with Crippen LogP contribution in [0.25, 0.3) is 11.0 Å². The number of furan rings is 1. The third-order valence-electron chi connectivity index (χ3n) is 4.51. The van der Waals surface area contributed by atoms with E-state index in [1.165, 1.54) is 6.26 Å². The van der Waals surface area contributed by atoms with Crippen molar-refractivity contribution in [2.24, 2.45) is 0 Å². The van der Waals surface area contributed by atoms with Crippen molar-refractivity contribution in [1.82, 2.24) is 0 Å². The standard InChI is InChI=1S/C20H18Cl2O4/c1-10-6-17(25-8-13-4-5-14(21)7-16(13)22)12(3)19-18(10)15(9-26-19)11(2)20(23)24/h4-7,9,11H,8H2,1-3H3,(H,23,24). The minimum atomic E-state index is -0.887. The molecule has 6 heteroatoms. The summed E-state index contributed by atoms with van der Waals surface area (Å²) in [6, 6.07) is 7.16. The number of ether oxygens (including phenoxy) is 1. The molecule has 0 saturated carbocycles. The molecule has 0 spiro atoms. The summed E-state index contributed by atoms with van der Waals surface area (Å²) >= 11 is 12.1. The second-order valence-electron chi connectivity index (χ2n) is 6.30. The molecule has 3 aromatic rings. The highest BCUT2D eigenvalue weighted by molar-refractivity contribution is 6.35. The lowest BCUT2D eigenvalue weighted by atomic mass is 9.96. The van der Waals surface area contributed by atoms with Gasteiger partial charge in [-0.1, -0.05) is 29.3 Å². The molecule has 1 unspecified atom stereocenters. The van der Waals surface area contributed by atoms with Gasteiger partial charge in [-0.3, -0.25) is 4.79 Å². The van der Waals surface area contributed by atoms with E-state index >= 15 is 0 Å². The van der Waals surface area contributed by atoms with E-state index in [1.54, 1.807) is 19.1 Å². The summed E-state index contributed by atoms with van der Waals surface area (Å²) in [6.07, 6.45) is 1.52. The van der Waals surface area contributed by atoms with Gasteiger partial charge in [0.25, 0.3) is 0 Å². The largest absolute Gasteiger partial charge is 0.488 e. The summed E-state index contributed by atoms with van der Waals surface area (Å²) in [6.45, 7) is 5.74. The lowest BCUT2D eigenvalue weighted by Gasteiger charge is -2.13. The van der Waals surface area contributed by atoms with E-state index in [0.717, 1.165) is 22.1 Å². The molecule has 3 rings (SSSR count). The van der Waals surface area contributed by atoms with Gasteiger partial charge in [-0.2, -0.15) is 0 Å². The quantitative estimate of drug-likeness (QED) is 0.567. The van der Waals surface area contributed by atoms with E-state index in [4.69, 9.17) is 32.4 Å². The van der Waals surface area contributed by atoms with Crippen LogP contribution >= 0.6 is 23.2 Å². The number of fused-ring (bicyclic) bond motifs is 1. The van der Waals surface area contributed by atoms with Gasteiger partial charge in [-0.05, 0) is 44.5 Å². The first-order valence-corrected chi connectivity index (χ1v) is 8.86. The molecule has 2 aromatic carbocycles. The fourth-order valence-corrected chi connectivity index (χ4v) is 3.40. The fraction of sp³-hybridized carbons (Fsp3) is 0.250. The van der Waals surface area contributed by atoms with Crippen molar-refractivity contribution in [3.63, 3.8) is 0 Å². The summed E-state index contributed by atoms with van der Waals surface area (Å²) in [4.78, 5) is 11.3. The van der Waals surface area contributed by atoms with Crippen LogP contribution in [0, 0.1) is 13.8 Å². The maximum Gasteiger partial charge on any atom is 0.310 e. The molecule has 0 aliphatic carbocycles. The molecule has 0 bridgehead atoms. The zero-order valence-electron chi connectivity index (χ0n) is 14.6. The Hall–Kier alpha value is -2.17. The minimum absolute atomic E-state index is 0.293. The monoisotopic (exact) mass is 392 g/mol. The maximum absolute atomic E-state index is 11.3. The van der Waals surface area contributed by atoms with E-state index in [9.17, 15) is 9.90 Å². The van der Waals surface area contributed by atoms with Crippen LogP contribution < -0.4 is 4.74 Å². The van der Waals surface area contributed by atoms with Gasteiger partial charge < -0.3 is 14.3 Å². The van der Waals surface area contributed by atoms with Gasteiger partial charge in [0.15, 0.2) is 0 Å². The van der Waals surface area contributed by atoms with Gasteiger partial charge in [0, 0.05) is 32.1 Å². The smallest absolute Gasteiger partial charge is 0.310 e. The molecular weight excluding hydrogens is 375 g/mol. The zero-order chi connectivity index (χ0) is 19.0. The number of rotatable bonds is 5. The van der Waals surface area contributed by atoms with Gasteiger partial charge in [0.2, 0.25) is 0 Å². The third-order valence-corrected chi connectivity index (χ3v) is 5.09. The van der Waals surface area contributed by atoms with Crippen molar-refractivity contribution < 1.29 is 19.1 Å². The highest BCUT2D eigenvalue weighted by atomic mass is 35.5. The van der Waals surface area contributed by atoms with Gasteiger partial charge in [0.1, 0.15) is 17.9 Å². The predicted molar refractivity (Wildman–Crippen MR) is 103 cm³/mol. The Morgan fingerprint density at radius 1 is 1.27 bits per heavy atom. The Balaban J connectivity index is 1.95. The number of carboxylic acid groups (broad SMARTS) is 1. The molecule has 0 saturated heterocycles. The summed E-state index contributed by atoms with van der Waals surface area (Å²) in [5.41, 5.74) is 3.86. The number of benzene rings is 2. The lowest BCUT2D eigenvalue weighted by Crippen LogP contribution is -2.07. The van der Waals surface area contributed by atoms with Crippen molar-refractivity contribution in [2.75, 3.05) is 0 Å². The molecular formula is C20H18Cl2O4. The van der Waals surface area contributed by atoms with E-state index in [0.29, 0.717) is 33.5 Å². The topological polar surface area (TPSA) is 59.7 Å². The van der Waals surface area contributed by atoms with Gasteiger partial charge in [-0.15, -0.1) is 0 Å². The van der Waals surface area contributed by atoms with Crippen molar-refractivity contribution in [1.29, 1.82) is 0 Å². The van der Waals surface area contributed by atoms with Crippen LogP contribution in [0.3, 0.4) is 0 Å². The molecule has 4 nitrogen and oxygen atoms in total. The van der Waals surface area contributed by atoms with Gasteiger partial charge >= 0.3 is 5.97 Å². The number of carbonyl (C=O) groups is 1. The Kier molecular flexibility index (Phi) is 5.17. The van der Waals surface area contributed by atoms with Crippen LogP contribution in [-0.4, -0.2) is 11.1 Å². The Bertz CT molecular complexity index is 991. The molecule has 0 radical (unpaired) electrons. The van der Waals surface area contributed by atoms with Gasteiger partial charge in [-0.25, -0.2) is 0 Å². The highest BCUT2D eigenvalue weighted by Gasteiger charge is 2.22. The summed E-state index contributed by atoms with van der Waals surface area (Å²) in [5, 5.41) is 11.2. The first-order chi connectivity index (χ1) is 12.3. The van der Waals surface area contributed by atoms with Gasteiger partial charge in [0.05, 0.1) is 12.2 Å². The first kappa shape index (κ1) is 18.6. The molecule has 0 fully saturated rings. The number of hydrogen-bond acceptors (Lipinski definition) is 3. The van der Waals surface area contributed by atoms with Crippen molar-refractivity contribution in [3.05, 3.63) is 62.8 Å². The predicted octanol–water partition coefficient (Wildman–Crippen LogP) is 6.12. The van der Waals surface area contributed by atoms with Crippen molar-refractivity contribution in [3.8, 4) is 5.75 Å². The Labute approximate surface area is 161 Å². The number of aliphatic carboxylic acids is 1. The van der Waals surface area contributed by atoms with E-state index in [1.807, 2.05) is 26.0 Å². The molecule has 0 amide bonds. The third kappa shape index (κ3) is 3.39. The van der Waals surface area contributed by atoms with E-state index in [-0.39, 0.29) is 0 Å². The average Bonchev–Trinajstić information content (AvgIpc) is 3.03. The number of aryl methyl sites for hydroxylation is 2. The molecule has 1 N–H and O–H groups in total. The van der Waals surface area contributed by atoms with E-state index < -0.39 is 11.9 Å². The SMILES string of the molecule is Cc1c(OCc2ccc(Cl)cc2Cl)cc(C)c2c(C(C)C(=O)O)coc12. The van der Waals surface area contributed by atoms with Crippen LogP contribution in [0.2, 0.25) is 10.0 Å². The van der Waals surface area contributed by atoms with Crippen LogP contribution in [0.1, 0.15) is 35.1 Å². The highest BCUT2D eigenvalue weighted by Crippen LogP contribution is 2.37. The molecule has 0 aliphatic rings. The zero-order valence-corrected chi connectivity index (χ0v) is 16.1. The first-order valence-electron chi connectivity index (χ1n) is 8.10. The fourth-order valence-electron chi connectivity index (χ4n) is 2.94. The van der Waals surface area contributed by atoms with Crippen LogP contribution in [-0.2, 0) is 11.4 Å². The molecule has 1 aromatic heterocycles. The summed E-state index contributed by atoms with van der Waals surface area (Å²) in [7, 11) is 0. The molecule has 0 aliphatic heterocycles. The van der Waals surface area contributed by atoms with Crippen molar-refractivity contribution in [2.45, 2.75) is 33.3 Å². The van der Waals surface area contributed by atoms with E-state index in [2.05, 4.69) is 0 Å². The number of hydrogen-bond donors (Lipinski definition) is 1. The number of carboxylic acids is 1. The van der Waals surface area contributed by atoms with Crippen LogP contribution in [0.4, 0.5) is 0 Å². The normalized spacial score (nSPS) is 12.3. The van der Waals surface area contributed by atoms with Crippen molar-refractivity contribution >= 4 is 40.1 Å². The molecule has 1 heterocycles. The maximum atomic E-state index is 11.3. The summed E-state index contributed by atoms with van der Waals surface area (Å²) in [5.74, 6) is -0.860. The summed E-state index contributed by atoms with van der Waals surface area (Å²) < 4.78 is 11.6. The number of halogens is 2. The molecule has 26 heavy (non-hydrogen) atoms. The Morgan fingerprint density at radius 3 is 2.65 bits per heavy atom. The van der Waals surface area contributed by atoms with Crippen LogP contribution in [0.15, 0.2) is 34.9 Å². The second-order valence-corrected chi connectivity index (χ2v) is 7.14. The minimum Gasteiger partial charge on any atom is -0.488 e. The Morgan fingerprint density at radius 2 is 2.00 bits per heavy atom. The van der Waals surface area contributed by atoms with Crippen LogP contribution in [0.5, 0.6) is 5.75 Å². The average molecular weight is 393 g/mol. The lowest BCUT2D eigenvalue weighted by molar-refractivity contribution is -0.138. The molecule has 136 valence electrons. The second kappa shape index (κ2) is 7.22.